The molecular formula is C15H13BrF3N. The summed E-state index contributed by atoms with van der Waals surface area (Å²) < 4.78 is 41.9. The van der Waals surface area contributed by atoms with Crippen LogP contribution >= 0.6 is 15.9 Å². The van der Waals surface area contributed by atoms with Crippen LogP contribution in [-0.4, -0.2) is 6.54 Å². The Bertz CT molecular complexity index is 565. The van der Waals surface area contributed by atoms with Crippen molar-refractivity contribution in [3.63, 3.8) is 0 Å². The summed E-state index contributed by atoms with van der Waals surface area (Å²) in [5, 5.41) is 2.98. The summed E-state index contributed by atoms with van der Waals surface area (Å²) in [7, 11) is 0. The maximum atomic E-state index is 14.0. The van der Waals surface area contributed by atoms with Gasteiger partial charge in [0, 0.05) is 15.6 Å². The van der Waals surface area contributed by atoms with Gasteiger partial charge in [0.05, 0.1) is 6.04 Å². The van der Waals surface area contributed by atoms with Gasteiger partial charge in [0.25, 0.3) is 0 Å². The Morgan fingerprint density at radius 1 is 1.00 bits per heavy atom. The molecule has 20 heavy (non-hydrogen) atoms. The van der Waals surface area contributed by atoms with E-state index < -0.39 is 23.5 Å². The largest absolute Gasteiger partial charge is 0.306 e. The highest BCUT2D eigenvalue weighted by Gasteiger charge is 2.21. The third-order valence-electron chi connectivity index (χ3n) is 2.95. The van der Waals surface area contributed by atoms with Crippen LogP contribution in [0.5, 0.6) is 0 Å². The lowest BCUT2D eigenvalue weighted by molar-refractivity contribution is 0.522. The van der Waals surface area contributed by atoms with E-state index in [1.165, 1.54) is 6.07 Å². The summed E-state index contributed by atoms with van der Waals surface area (Å²) >= 11 is 3.26. The lowest BCUT2D eigenvalue weighted by atomic mass is 9.97. The summed E-state index contributed by atoms with van der Waals surface area (Å²) in [4.78, 5) is 0. The Morgan fingerprint density at radius 3 is 2.25 bits per heavy atom. The highest BCUT2D eigenvalue weighted by atomic mass is 79.9. The van der Waals surface area contributed by atoms with Crippen LogP contribution in [0, 0.1) is 17.5 Å². The molecule has 0 aliphatic heterocycles. The predicted molar refractivity (Wildman–Crippen MR) is 76.0 cm³/mol. The zero-order valence-corrected chi connectivity index (χ0v) is 12.3. The lowest BCUT2D eigenvalue weighted by Crippen LogP contribution is -2.24. The zero-order valence-electron chi connectivity index (χ0n) is 10.8. The topological polar surface area (TPSA) is 12.0 Å². The summed E-state index contributed by atoms with van der Waals surface area (Å²) in [5.41, 5.74) is 0.356. The van der Waals surface area contributed by atoms with Gasteiger partial charge in [0.1, 0.15) is 17.5 Å². The monoisotopic (exact) mass is 343 g/mol. The number of hydrogen-bond donors (Lipinski definition) is 1. The molecule has 0 aliphatic carbocycles. The highest BCUT2D eigenvalue weighted by Crippen LogP contribution is 2.29. The van der Waals surface area contributed by atoms with Crippen LogP contribution in [0.3, 0.4) is 0 Å². The van der Waals surface area contributed by atoms with E-state index in [4.69, 9.17) is 0 Å². The van der Waals surface area contributed by atoms with Gasteiger partial charge in [-0.05, 0) is 42.9 Å². The second kappa shape index (κ2) is 6.41. The Kier molecular flexibility index (Phi) is 4.83. The molecule has 1 atom stereocenters. The summed E-state index contributed by atoms with van der Waals surface area (Å²) in [5.74, 6) is -1.60. The van der Waals surface area contributed by atoms with Crippen molar-refractivity contribution in [3.05, 3.63) is 69.4 Å². The first-order chi connectivity index (χ1) is 9.52. The van der Waals surface area contributed by atoms with Crippen molar-refractivity contribution in [1.82, 2.24) is 5.32 Å². The van der Waals surface area contributed by atoms with Crippen molar-refractivity contribution in [2.75, 3.05) is 6.54 Å². The van der Waals surface area contributed by atoms with Gasteiger partial charge in [0.2, 0.25) is 0 Å². The van der Waals surface area contributed by atoms with Gasteiger partial charge in [-0.15, -0.1) is 0 Å². The molecule has 1 unspecified atom stereocenters. The number of benzene rings is 2. The number of nitrogens with one attached hydrogen (secondary N) is 1. The number of rotatable bonds is 4. The van der Waals surface area contributed by atoms with Crippen LogP contribution in [0.4, 0.5) is 13.2 Å². The number of hydrogen-bond acceptors (Lipinski definition) is 1. The van der Waals surface area contributed by atoms with E-state index in [1.54, 1.807) is 12.1 Å². The quantitative estimate of drug-likeness (QED) is 0.857. The molecule has 0 saturated carbocycles. The molecule has 0 saturated heterocycles. The van der Waals surface area contributed by atoms with Gasteiger partial charge >= 0.3 is 0 Å². The van der Waals surface area contributed by atoms with Crippen molar-refractivity contribution in [3.8, 4) is 0 Å². The molecule has 2 aromatic carbocycles. The molecule has 1 nitrogen and oxygen atoms in total. The second-order valence-corrected chi connectivity index (χ2v) is 5.24. The van der Waals surface area contributed by atoms with Gasteiger partial charge in [0.15, 0.2) is 0 Å². The Labute approximate surface area is 123 Å². The van der Waals surface area contributed by atoms with Crippen molar-refractivity contribution < 1.29 is 13.2 Å². The van der Waals surface area contributed by atoms with E-state index in [-0.39, 0.29) is 11.1 Å². The van der Waals surface area contributed by atoms with Gasteiger partial charge in [-0.2, -0.15) is 0 Å². The number of halogens is 4. The average Bonchev–Trinajstić information content (AvgIpc) is 2.42. The minimum atomic E-state index is -0.742. The predicted octanol–water partition coefficient (Wildman–Crippen LogP) is 4.57. The molecule has 0 heterocycles. The SMILES string of the molecule is CCNC(c1cc(F)ccc1F)c1cc(Br)ccc1F. The first kappa shape index (κ1) is 15.1. The fraction of sp³-hybridized carbons (Fsp3) is 0.200. The van der Waals surface area contributed by atoms with Crippen LogP contribution in [0.1, 0.15) is 24.1 Å². The van der Waals surface area contributed by atoms with Gasteiger partial charge in [-0.1, -0.05) is 22.9 Å². The zero-order chi connectivity index (χ0) is 14.7. The van der Waals surface area contributed by atoms with E-state index in [1.807, 2.05) is 6.92 Å². The molecule has 0 amide bonds. The lowest BCUT2D eigenvalue weighted by Gasteiger charge is -2.20. The van der Waals surface area contributed by atoms with Crippen LogP contribution in [0.25, 0.3) is 0 Å². The van der Waals surface area contributed by atoms with E-state index in [0.29, 0.717) is 11.0 Å². The van der Waals surface area contributed by atoms with E-state index >= 15 is 0 Å². The minimum absolute atomic E-state index is 0.0869. The molecule has 1 N–H and O–H groups in total. The molecule has 0 aromatic heterocycles. The van der Waals surface area contributed by atoms with Crippen LogP contribution in [0.2, 0.25) is 0 Å². The second-order valence-electron chi connectivity index (χ2n) is 4.32. The van der Waals surface area contributed by atoms with Gasteiger partial charge in [-0.3, -0.25) is 0 Å². The van der Waals surface area contributed by atoms with Crippen molar-refractivity contribution in [2.24, 2.45) is 0 Å². The summed E-state index contributed by atoms with van der Waals surface area (Å²) in [6, 6.07) is 6.85. The maximum absolute atomic E-state index is 14.0. The first-order valence-electron chi connectivity index (χ1n) is 6.16. The smallest absolute Gasteiger partial charge is 0.128 e. The molecule has 0 aliphatic rings. The van der Waals surface area contributed by atoms with Gasteiger partial charge in [-0.25, -0.2) is 13.2 Å². The maximum Gasteiger partial charge on any atom is 0.128 e. The molecule has 0 radical (unpaired) electrons. The van der Waals surface area contributed by atoms with E-state index in [0.717, 1.165) is 18.2 Å². The van der Waals surface area contributed by atoms with Crippen LogP contribution in [0.15, 0.2) is 40.9 Å². The third kappa shape index (κ3) is 3.22. The van der Waals surface area contributed by atoms with Crippen LogP contribution in [-0.2, 0) is 0 Å². The van der Waals surface area contributed by atoms with E-state index in [9.17, 15) is 13.2 Å². The Morgan fingerprint density at radius 2 is 1.60 bits per heavy atom. The Balaban J connectivity index is 2.55. The van der Waals surface area contributed by atoms with Crippen LogP contribution < -0.4 is 5.32 Å². The third-order valence-corrected chi connectivity index (χ3v) is 3.44. The summed E-state index contributed by atoms with van der Waals surface area (Å²) in [6.45, 7) is 2.31. The molecule has 0 spiro atoms. The van der Waals surface area contributed by atoms with E-state index in [2.05, 4.69) is 21.2 Å². The standard InChI is InChI=1S/C15H13BrF3N/c1-2-20-15(11-7-9(16)3-5-13(11)18)12-8-10(17)4-6-14(12)19/h3-8,15,20H,2H2,1H3. The molecule has 0 bridgehead atoms. The van der Waals surface area contributed by atoms with Crippen molar-refractivity contribution in [1.29, 1.82) is 0 Å². The first-order valence-corrected chi connectivity index (χ1v) is 6.95. The molecule has 106 valence electrons. The van der Waals surface area contributed by atoms with Crippen molar-refractivity contribution in [2.45, 2.75) is 13.0 Å². The highest BCUT2D eigenvalue weighted by molar-refractivity contribution is 9.10. The summed E-state index contributed by atoms with van der Waals surface area (Å²) in [6.07, 6.45) is 0. The molecule has 2 rings (SSSR count). The van der Waals surface area contributed by atoms with Gasteiger partial charge < -0.3 is 5.32 Å². The molecule has 2 aromatic rings. The normalized spacial score (nSPS) is 12.4. The molecular weight excluding hydrogens is 331 g/mol. The van der Waals surface area contributed by atoms with Crippen molar-refractivity contribution >= 4 is 15.9 Å². The molecule has 0 fully saturated rings. The fourth-order valence-electron chi connectivity index (χ4n) is 2.06. The average molecular weight is 344 g/mol. The minimum Gasteiger partial charge on any atom is -0.306 e. The fourth-order valence-corrected chi connectivity index (χ4v) is 2.44. The molecule has 5 heteroatoms. The Hall–Kier alpha value is -1.33.